The average molecular weight is 254 g/mol. The van der Waals surface area contributed by atoms with Gasteiger partial charge in [-0.2, -0.15) is 0 Å². The molecular formula is C14H26N2O2. The van der Waals surface area contributed by atoms with E-state index in [-0.39, 0.29) is 18.2 Å². The number of aliphatic hydroxyl groups excluding tert-OH is 1. The highest BCUT2D eigenvalue weighted by Crippen LogP contribution is 2.24. The van der Waals surface area contributed by atoms with Gasteiger partial charge in [-0.25, -0.2) is 4.79 Å². The lowest BCUT2D eigenvalue weighted by Crippen LogP contribution is -2.46. The van der Waals surface area contributed by atoms with Crippen LogP contribution in [0.4, 0.5) is 4.79 Å². The first-order valence-electron chi connectivity index (χ1n) is 7.42. The van der Waals surface area contributed by atoms with Crippen molar-refractivity contribution in [1.29, 1.82) is 0 Å². The van der Waals surface area contributed by atoms with E-state index in [0.29, 0.717) is 0 Å². The highest BCUT2D eigenvalue weighted by Gasteiger charge is 2.32. The molecule has 2 unspecified atom stereocenters. The Morgan fingerprint density at radius 2 is 1.83 bits per heavy atom. The smallest absolute Gasteiger partial charge is 0.320 e. The van der Waals surface area contributed by atoms with Crippen LogP contribution in [0.25, 0.3) is 0 Å². The van der Waals surface area contributed by atoms with Crippen molar-refractivity contribution < 1.29 is 9.90 Å². The van der Waals surface area contributed by atoms with Crippen LogP contribution in [0.15, 0.2) is 0 Å². The molecule has 0 aromatic heterocycles. The fraction of sp³-hybridized carbons (Fsp3) is 0.929. The second-order valence-electron chi connectivity index (χ2n) is 5.76. The van der Waals surface area contributed by atoms with Crippen molar-refractivity contribution in [1.82, 2.24) is 9.80 Å². The Morgan fingerprint density at radius 1 is 1.17 bits per heavy atom. The minimum atomic E-state index is -0.312. The van der Waals surface area contributed by atoms with Crippen molar-refractivity contribution >= 4 is 6.03 Å². The summed E-state index contributed by atoms with van der Waals surface area (Å²) in [7, 11) is 0. The van der Waals surface area contributed by atoms with Crippen molar-refractivity contribution in [3.05, 3.63) is 0 Å². The number of amides is 2. The fourth-order valence-electron chi connectivity index (χ4n) is 3.17. The maximum absolute atomic E-state index is 12.5. The lowest BCUT2D eigenvalue weighted by molar-refractivity contribution is 0.119. The molecule has 0 saturated carbocycles. The van der Waals surface area contributed by atoms with Gasteiger partial charge in [-0.1, -0.05) is 12.8 Å². The van der Waals surface area contributed by atoms with Gasteiger partial charge in [0.1, 0.15) is 0 Å². The van der Waals surface area contributed by atoms with Crippen molar-refractivity contribution in [2.75, 3.05) is 19.6 Å². The topological polar surface area (TPSA) is 43.8 Å². The summed E-state index contributed by atoms with van der Waals surface area (Å²) in [5.41, 5.74) is 0. The third kappa shape index (κ3) is 3.37. The lowest BCUT2D eigenvalue weighted by atomic mass is 10.1. The molecule has 0 aliphatic carbocycles. The third-order valence-corrected chi connectivity index (χ3v) is 4.11. The molecule has 2 saturated heterocycles. The predicted octanol–water partition coefficient (Wildman–Crippen LogP) is 2.22. The number of hydrogen-bond acceptors (Lipinski definition) is 2. The highest BCUT2D eigenvalue weighted by molar-refractivity contribution is 5.75. The lowest BCUT2D eigenvalue weighted by Gasteiger charge is -2.31. The molecule has 1 N–H and O–H groups in total. The van der Waals surface area contributed by atoms with Crippen LogP contribution in [-0.4, -0.2) is 52.7 Å². The Kier molecular flexibility index (Phi) is 4.87. The van der Waals surface area contributed by atoms with Crippen LogP contribution < -0.4 is 0 Å². The molecule has 0 bridgehead atoms. The molecule has 0 aromatic carbocycles. The summed E-state index contributed by atoms with van der Waals surface area (Å²) in [6, 6.07) is 0.459. The molecule has 0 radical (unpaired) electrons. The van der Waals surface area contributed by atoms with Gasteiger partial charge >= 0.3 is 6.03 Å². The Bertz CT molecular complexity index is 273. The Balaban J connectivity index is 1.93. The Hall–Kier alpha value is -0.770. The van der Waals surface area contributed by atoms with E-state index in [1.807, 2.05) is 16.7 Å². The summed E-state index contributed by atoms with van der Waals surface area (Å²) in [4.78, 5) is 16.5. The molecule has 2 atom stereocenters. The standard InChI is InChI=1S/C14H26N2O2/c1-12(17)11-13-7-6-10-16(13)14(18)15-8-4-2-3-5-9-15/h12-13,17H,2-11H2,1H3. The number of carbonyl (C=O) groups excluding carboxylic acids is 1. The SMILES string of the molecule is CC(O)CC1CCCN1C(=O)N1CCCCCC1. The molecular weight excluding hydrogens is 228 g/mol. The van der Waals surface area contributed by atoms with Gasteiger partial charge in [0.2, 0.25) is 0 Å². The van der Waals surface area contributed by atoms with Crippen molar-refractivity contribution in [3.8, 4) is 0 Å². The molecule has 0 aromatic rings. The number of aliphatic hydroxyl groups is 1. The van der Waals surface area contributed by atoms with E-state index in [9.17, 15) is 9.90 Å². The van der Waals surface area contributed by atoms with Crippen LogP contribution >= 0.6 is 0 Å². The van der Waals surface area contributed by atoms with Crippen molar-refractivity contribution in [2.24, 2.45) is 0 Å². The number of carbonyl (C=O) groups is 1. The van der Waals surface area contributed by atoms with Gasteiger partial charge in [-0.15, -0.1) is 0 Å². The molecule has 0 spiro atoms. The summed E-state index contributed by atoms with van der Waals surface area (Å²) in [6.45, 7) is 4.51. The minimum Gasteiger partial charge on any atom is -0.393 e. The van der Waals surface area contributed by atoms with Crippen molar-refractivity contribution in [3.63, 3.8) is 0 Å². The quantitative estimate of drug-likeness (QED) is 0.821. The molecule has 2 rings (SSSR count). The number of likely N-dealkylation sites (tertiary alicyclic amines) is 2. The maximum Gasteiger partial charge on any atom is 0.320 e. The van der Waals surface area contributed by atoms with E-state index in [1.54, 1.807) is 0 Å². The van der Waals surface area contributed by atoms with Gasteiger partial charge in [0, 0.05) is 25.7 Å². The fourth-order valence-corrected chi connectivity index (χ4v) is 3.17. The van der Waals surface area contributed by atoms with E-state index >= 15 is 0 Å². The first kappa shape index (κ1) is 13.7. The van der Waals surface area contributed by atoms with Gasteiger partial charge in [0.05, 0.1) is 6.10 Å². The second-order valence-corrected chi connectivity index (χ2v) is 5.76. The van der Waals surface area contributed by atoms with Gasteiger partial charge in [0.15, 0.2) is 0 Å². The van der Waals surface area contributed by atoms with Crippen LogP contribution in [0.2, 0.25) is 0 Å². The minimum absolute atomic E-state index is 0.208. The van der Waals surface area contributed by atoms with Crippen LogP contribution in [0.1, 0.15) is 51.9 Å². The predicted molar refractivity (Wildman–Crippen MR) is 71.5 cm³/mol. The number of hydrogen-bond donors (Lipinski definition) is 1. The molecule has 18 heavy (non-hydrogen) atoms. The largest absolute Gasteiger partial charge is 0.393 e. The van der Waals surface area contributed by atoms with Gasteiger partial charge < -0.3 is 14.9 Å². The van der Waals surface area contributed by atoms with Crippen LogP contribution in [0.5, 0.6) is 0 Å². The van der Waals surface area contributed by atoms with E-state index in [1.165, 1.54) is 12.8 Å². The van der Waals surface area contributed by atoms with Crippen LogP contribution in [0, 0.1) is 0 Å². The highest BCUT2D eigenvalue weighted by atomic mass is 16.3. The summed E-state index contributed by atoms with van der Waals surface area (Å²) < 4.78 is 0. The first-order chi connectivity index (χ1) is 8.68. The van der Waals surface area contributed by atoms with Gasteiger partial charge in [0.25, 0.3) is 0 Å². The molecule has 2 aliphatic heterocycles. The molecule has 2 aliphatic rings. The van der Waals surface area contributed by atoms with Crippen LogP contribution in [-0.2, 0) is 0 Å². The van der Waals surface area contributed by atoms with Gasteiger partial charge in [-0.3, -0.25) is 0 Å². The maximum atomic E-state index is 12.5. The zero-order chi connectivity index (χ0) is 13.0. The van der Waals surface area contributed by atoms with E-state index < -0.39 is 0 Å². The molecule has 4 nitrogen and oxygen atoms in total. The normalized spacial score (nSPS) is 27.1. The number of nitrogens with zero attached hydrogens (tertiary/aromatic N) is 2. The van der Waals surface area contributed by atoms with E-state index in [2.05, 4.69) is 0 Å². The summed E-state index contributed by atoms with van der Waals surface area (Å²) in [5.74, 6) is 0. The zero-order valence-electron chi connectivity index (χ0n) is 11.5. The average Bonchev–Trinajstić information content (AvgIpc) is 2.63. The summed E-state index contributed by atoms with van der Waals surface area (Å²) in [6.07, 6.45) is 7.32. The molecule has 104 valence electrons. The monoisotopic (exact) mass is 254 g/mol. The first-order valence-corrected chi connectivity index (χ1v) is 7.42. The number of urea groups is 1. The summed E-state index contributed by atoms with van der Waals surface area (Å²) in [5, 5.41) is 9.52. The molecule has 2 heterocycles. The van der Waals surface area contributed by atoms with Gasteiger partial charge in [-0.05, 0) is 39.0 Å². The summed E-state index contributed by atoms with van der Waals surface area (Å²) >= 11 is 0. The molecule has 2 fully saturated rings. The third-order valence-electron chi connectivity index (χ3n) is 4.11. The molecule has 2 amide bonds. The Labute approximate surface area is 110 Å². The van der Waals surface area contributed by atoms with Crippen molar-refractivity contribution in [2.45, 2.75) is 64.0 Å². The zero-order valence-corrected chi connectivity index (χ0v) is 11.5. The number of rotatable bonds is 2. The Morgan fingerprint density at radius 3 is 2.44 bits per heavy atom. The second kappa shape index (κ2) is 6.41. The van der Waals surface area contributed by atoms with Crippen LogP contribution in [0.3, 0.4) is 0 Å². The van der Waals surface area contributed by atoms with E-state index in [0.717, 1.165) is 51.7 Å². The van der Waals surface area contributed by atoms with E-state index in [4.69, 9.17) is 0 Å². The molecule has 4 heteroatoms.